The molecule has 4 nitrogen and oxygen atoms in total. The van der Waals surface area contributed by atoms with Gasteiger partial charge in [0, 0.05) is 16.7 Å². The van der Waals surface area contributed by atoms with E-state index < -0.39 is 11.4 Å². The number of hydrogen-bond donors (Lipinski definition) is 0. The summed E-state index contributed by atoms with van der Waals surface area (Å²) in [6, 6.07) is 14.6. The van der Waals surface area contributed by atoms with E-state index in [9.17, 15) is 9.59 Å². The van der Waals surface area contributed by atoms with Gasteiger partial charge >= 0.3 is 0 Å². The summed E-state index contributed by atoms with van der Waals surface area (Å²) in [5, 5.41) is 0. The molecule has 1 aliphatic heterocycles. The number of fused-ring (bicyclic) bond motifs is 3. The number of hydrogen-bond acceptors (Lipinski definition) is 4. The minimum absolute atomic E-state index is 0.158. The maximum atomic E-state index is 12.9. The molecular weight excluding hydrogens is 268 g/mol. The van der Waals surface area contributed by atoms with Crippen LogP contribution in [0.3, 0.4) is 0 Å². The second kappa shape index (κ2) is 3.80. The molecule has 0 radical (unpaired) electrons. The van der Waals surface area contributed by atoms with Crippen molar-refractivity contribution < 1.29 is 19.1 Å². The van der Waals surface area contributed by atoms with E-state index in [-0.39, 0.29) is 5.78 Å². The summed E-state index contributed by atoms with van der Waals surface area (Å²) in [6.45, 7) is 2.25. The van der Waals surface area contributed by atoms with Crippen LogP contribution in [-0.2, 0) is 25.7 Å². The molecule has 0 amide bonds. The van der Waals surface area contributed by atoms with E-state index >= 15 is 0 Å². The lowest BCUT2D eigenvalue weighted by Crippen LogP contribution is -2.26. The predicted octanol–water partition coefficient (Wildman–Crippen LogP) is 2.44. The van der Waals surface area contributed by atoms with Crippen LogP contribution in [0.15, 0.2) is 48.5 Å². The molecule has 0 bridgehead atoms. The monoisotopic (exact) mass is 280 g/mol. The molecule has 4 heteroatoms. The predicted molar refractivity (Wildman–Crippen MR) is 73.5 cm³/mol. The number of rotatable bonds is 3. The Kier molecular flexibility index (Phi) is 2.22. The number of ketones is 1. The minimum atomic E-state index is -1.31. The first kappa shape index (κ1) is 12.3. The molecule has 2 aliphatic rings. The third-order valence-corrected chi connectivity index (χ3v) is 4.30. The van der Waals surface area contributed by atoms with Gasteiger partial charge in [0.1, 0.15) is 0 Å². The molecule has 0 unspecified atom stereocenters. The van der Waals surface area contributed by atoms with Gasteiger partial charge in [-0.15, -0.1) is 0 Å². The normalized spacial score (nSPS) is 28.7. The molecule has 0 saturated carbocycles. The first-order chi connectivity index (χ1) is 10.2. The molecule has 1 aliphatic carbocycles. The largest absolute Gasteiger partial charge is 0.426 e. The van der Waals surface area contributed by atoms with Gasteiger partial charge in [0.25, 0.3) is 12.3 Å². The van der Waals surface area contributed by atoms with Gasteiger partial charge in [0.15, 0.2) is 0 Å². The SMILES string of the molecule is Cc1ccccc1[C@@]12O[C@]1(OC=O)c1ccccc1C2=O. The molecule has 1 fully saturated rings. The number of Topliss-reactive ketones (excluding diaryl/α,β-unsaturated/α-hetero) is 1. The lowest BCUT2D eigenvalue weighted by atomic mass is 9.89. The Morgan fingerprint density at radius 3 is 2.43 bits per heavy atom. The van der Waals surface area contributed by atoms with Crippen molar-refractivity contribution in [3.05, 3.63) is 70.8 Å². The first-order valence-electron chi connectivity index (χ1n) is 6.69. The zero-order valence-corrected chi connectivity index (χ0v) is 11.3. The van der Waals surface area contributed by atoms with E-state index in [1.165, 1.54) is 0 Å². The molecule has 21 heavy (non-hydrogen) atoms. The third kappa shape index (κ3) is 1.24. The fourth-order valence-electron chi connectivity index (χ4n) is 3.35. The second-order valence-corrected chi connectivity index (χ2v) is 5.30. The maximum absolute atomic E-state index is 12.9. The fraction of sp³-hybridized carbons (Fsp3) is 0.176. The van der Waals surface area contributed by atoms with Gasteiger partial charge in [-0.25, -0.2) is 0 Å². The summed E-state index contributed by atoms with van der Waals surface area (Å²) >= 11 is 0. The fourth-order valence-corrected chi connectivity index (χ4v) is 3.35. The van der Waals surface area contributed by atoms with Crippen molar-refractivity contribution in [2.24, 2.45) is 0 Å². The Hall–Kier alpha value is -2.46. The van der Waals surface area contributed by atoms with E-state index in [0.717, 1.165) is 11.1 Å². The number of epoxide rings is 1. The molecule has 0 aromatic heterocycles. The highest BCUT2D eigenvalue weighted by Crippen LogP contribution is 2.69. The molecule has 1 heterocycles. The van der Waals surface area contributed by atoms with Crippen molar-refractivity contribution >= 4 is 12.3 Å². The van der Waals surface area contributed by atoms with Gasteiger partial charge in [-0.2, -0.15) is 0 Å². The average molecular weight is 280 g/mol. The molecular formula is C17H12O4. The van der Waals surface area contributed by atoms with Crippen LogP contribution in [0.2, 0.25) is 0 Å². The Bertz CT molecular complexity index is 782. The maximum Gasteiger partial charge on any atom is 0.296 e. The van der Waals surface area contributed by atoms with Crippen LogP contribution in [0.5, 0.6) is 0 Å². The van der Waals surface area contributed by atoms with Gasteiger partial charge in [0.2, 0.25) is 11.4 Å². The van der Waals surface area contributed by atoms with Gasteiger partial charge < -0.3 is 9.47 Å². The Balaban J connectivity index is 1.99. The minimum Gasteiger partial charge on any atom is -0.426 e. The van der Waals surface area contributed by atoms with Gasteiger partial charge in [-0.05, 0) is 12.5 Å². The summed E-state index contributed by atoms with van der Waals surface area (Å²) in [4.78, 5) is 23.8. The van der Waals surface area contributed by atoms with Crippen LogP contribution in [0.1, 0.15) is 27.0 Å². The molecule has 0 spiro atoms. The van der Waals surface area contributed by atoms with Crippen molar-refractivity contribution in [1.82, 2.24) is 0 Å². The molecule has 2 aromatic carbocycles. The molecule has 1 saturated heterocycles. The quantitative estimate of drug-likeness (QED) is 0.640. The molecule has 104 valence electrons. The topological polar surface area (TPSA) is 55.9 Å². The number of benzene rings is 2. The summed E-state index contributed by atoms with van der Waals surface area (Å²) in [5.74, 6) is -1.47. The van der Waals surface area contributed by atoms with E-state index in [2.05, 4.69) is 0 Å². The van der Waals surface area contributed by atoms with E-state index in [0.29, 0.717) is 17.6 Å². The van der Waals surface area contributed by atoms with E-state index in [1.54, 1.807) is 24.3 Å². The van der Waals surface area contributed by atoms with Crippen molar-refractivity contribution in [3.63, 3.8) is 0 Å². The number of carbonyl (C=O) groups is 2. The van der Waals surface area contributed by atoms with Crippen molar-refractivity contribution in [2.75, 3.05) is 0 Å². The summed E-state index contributed by atoms with van der Waals surface area (Å²) in [6.07, 6.45) is 0. The highest BCUT2D eigenvalue weighted by Gasteiger charge is 2.84. The second-order valence-electron chi connectivity index (χ2n) is 5.30. The molecule has 2 atom stereocenters. The standard InChI is InChI=1S/C17H12O4/c1-11-6-2-4-8-13(11)16-15(19)12-7-3-5-9-14(12)17(16,21-16)20-10-18/h2-10H,1H3/t16-,17+/m0/s1. The van der Waals surface area contributed by atoms with Crippen LogP contribution in [0.25, 0.3) is 0 Å². The van der Waals surface area contributed by atoms with Crippen LogP contribution in [-0.4, -0.2) is 12.3 Å². The lowest BCUT2D eigenvalue weighted by Gasteiger charge is -2.12. The van der Waals surface area contributed by atoms with E-state index in [4.69, 9.17) is 9.47 Å². The molecule has 0 N–H and O–H groups in total. The third-order valence-electron chi connectivity index (χ3n) is 4.30. The smallest absolute Gasteiger partial charge is 0.296 e. The van der Waals surface area contributed by atoms with Crippen molar-refractivity contribution in [3.8, 4) is 0 Å². The average Bonchev–Trinajstić information content (AvgIpc) is 3.13. The van der Waals surface area contributed by atoms with Crippen LogP contribution in [0.4, 0.5) is 0 Å². The zero-order valence-electron chi connectivity index (χ0n) is 11.3. The Labute approximate surface area is 121 Å². The van der Waals surface area contributed by atoms with Crippen LogP contribution < -0.4 is 0 Å². The number of carbonyl (C=O) groups excluding carboxylic acids is 2. The highest BCUT2D eigenvalue weighted by molar-refractivity contribution is 6.11. The van der Waals surface area contributed by atoms with Gasteiger partial charge in [-0.3, -0.25) is 9.59 Å². The Morgan fingerprint density at radius 1 is 1.05 bits per heavy atom. The van der Waals surface area contributed by atoms with Gasteiger partial charge in [0.05, 0.1) is 0 Å². The van der Waals surface area contributed by atoms with Crippen LogP contribution in [0, 0.1) is 6.92 Å². The molecule has 2 aromatic rings. The summed E-state index contributed by atoms with van der Waals surface area (Å²) in [7, 11) is 0. The lowest BCUT2D eigenvalue weighted by molar-refractivity contribution is -0.143. The van der Waals surface area contributed by atoms with E-state index in [1.807, 2.05) is 31.2 Å². The summed E-state index contributed by atoms with van der Waals surface area (Å²) in [5.41, 5.74) is 1.60. The number of ether oxygens (including phenoxy) is 2. The molecule has 4 rings (SSSR count). The Morgan fingerprint density at radius 2 is 1.71 bits per heavy atom. The number of aryl methyl sites for hydroxylation is 1. The van der Waals surface area contributed by atoms with Gasteiger partial charge in [-0.1, -0.05) is 48.5 Å². The van der Waals surface area contributed by atoms with Crippen molar-refractivity contribution in [1.29, 1.82) is 0 Å². The summed E-state index contributed by atoms with van der Waals surface area (Å²) < 4.78 is 11.0. The first-order valence-corrected chi connectivity index (χ1v) is 6.69. The van der Waals surface area contributed by atoms with Crippen LogP contribution >= 0.6 is 0 Å². The highest BCUT2D eigenvalue weighted by atomic mass is 16.8. The van der Waals surface area contributed by atoms with Crippen molar-refractivity contribution in [2.45, 2.75) is 18.3 Å². The zero-order chi connectivity index (χ0) is 14.7.